The van der Waals surface area contributed by atoms with E-state index in [2.05, 4.69) is 9.17 Å². The summed E-state index contributed by atoms with van der Waals surface area (Å²) in [5, 5.41) is 0. The molecule has 1 aromatic rings. The summed E-state index contributed by atoms with van der Waals surface area (Å²) in [7, 11) is -4.76. The van der Waals surface area contributed by atoms with E-state index in [1.807, 2.05) is 0 Å². The van der Waals surface area contributed by atoms with E-state index in [9.17, 15) is 13.2 Å². The van der Waals surface area contributed by atoms with Gasteiger partial charge in [0.25, 0.3) is 0 Å². The van der Waals surface area contributed by atoms with Gasteiger partial charge in [-0.05, 0) is 12.1 Å². The zero-order chi connectivity index (χ0) is 9.90. The molecule has 0 aliphatic carbocycles. The molecule has 0 bridgehead atoms. The van der Waals surface area contributed by atoms with Crippen molar-refractivity contribution in [2.24, 2.45) is 0 Å². The molecule has 0 aromatic carbocycles. The van der Waals surface area contributed by atoms with Crippen LogP contribution in [0.5, 0.6) is 0 Å². The van der Waals surface area contributed by atoms with E-state index in [1.54, 1.807) is 6.07 Å². The van der Waals surface area contributed by atoms with Gasteiger partial charge < -0.3 is 4.18 Å². The van der Waals surface area contributed by atoms with Crippen LogP contribution in [0.1, 0.15) is 10.5 Å². The first-order valence-corrected chi connectivity index (χ1v) is 4.48. The predicted molar refractivity (Wildman–Crippen MR) is 41.2 cm³/mol. The summed E-state index contributed by atoms with van der Waals surface area (Å²) in [6.45, 7) is 0. The lowest BCUT2D eigenvalue weighted by Crippen LogP contribution is -2.12. The molecule has 13 heavy (non-hydrogen) atoms. The number of carbonyl (C=O) groups is 1. The summed E-state index contributed by atoms with van der Waals surface area (Å²) in [6, 6.07) is 4.28. The van der Waals surface area contributed by atoms with Crippen LogP contribution in [0.25, 0.3) is 0 Å². The SMILES string of the molecule is O=C(OS(=O)(=O)O)c1ccccn1. The fraction of sp³-hybridized carbons (Fsp3) is 0. The Kier molecular flexibility index (Phi) is 2.59. The lowest BCUT2D eigenvalue weighted by molar-refractivity contribution is 0.0721. The summed E-state index contributed by atoms with van der Waals surface area (Å²) in [5.41, 5.74) is -0.194. The Labute approximate surface area is 74.1 Å². The number of nitrogens with zero attached hydrogens (tertiary/aromatic N) is 1. The average molecular weight is 203 g/mol. The molecule has 0 amide bonds. The van der Waals surface area contributed by atoms with Crippen molar-refractivity contribution in [3.63, 3.8) is 0 Å². The molecule has 0 aliphatic rings. The van der Waals surface area contributed by atoms with Crippen LogP contribution in [0, 0.1) is 0 Å². The lowest BCUT2D eigenvalue weighted by atomic mass is 10.4. The first-order valence-electron chi connectivity index (χ1n) is 3.11. The van der Waals surface area contributed by atoms with Gasteiger partial charge in [0.15, 0.2) is 0 Å². The second kappa shape index (κ2) is 3.50. The molecular formula is C6H5NO5S. The van der Waals surface area contributed by atoms with Gasteiger partial charge >= 0.3 is 16.4 Å². The summed E-state index contributed by atoms with van der Waals surface area (Å²) in [5.74, 6) is -1.22. The topological polar surface area (TPSA) is 93.6 Å². The number of aromatic nitrogens is 1. The first-order chi connectivity index (χ1) is 5.99. The van der Waals surface area contributed by atoms with Crippen LogP contribution in [0.4, 0.5) is 0 Å². The quantitative estimate of drug-likeness (QED) is 0.682. The molecule has 1 rings (SSSR count). The van der Waals surface area contributed by atoms with Crippen LogP contribution in [0.2, 0.25) is 0 Å². The van der Waals surface area contributed by atoms with E-state index < -0.39 is 16.4 Å². The van der Waals surface area contributed by atoms with E-state index in [0.29, 0.717) is 0 Å². The van der Waals surface area contributed by atoms with Crippen LogP contribution in [-0.4, -0.2) is 23.9 Å². The van der Waals surface area contributed by atoms with Gasteiger partial charge in [-0.1, -0.05) is 6.07 Å². The van der Waals surface area contributed by atoms with Gasteiger partial charge in [0.1, 0.15) is 5.69 Å². The fourth-order valence-corrected chi connectivity index (χ4v) is 0.899. The smallest absolute Gasteiger partial charge is 0.319 e. The van der Waals surface area contributed by atoms with Crippen molar-refractivity contribution in [2.45, 2.75) is 0 Å². The third kappa shape index (κ3) is 3.18. The molecule has 70 valence electrons. The number of carbonyl (C=O) groups excluding carboxylic acids is 1. The Morgan fingerprint density at radius 3 is 2.62 bits per heavy atom. The standard InChI is InChI=1S/C6H5NO5S/c8-6(12-13(9,10)11)5-3-1-2-4-7-5/h1-4H,(H,9,10,11). The Morgan fingerprint density at radius 2 is 2.15 bits per heavy atom. The molecule has 0 saturated carbocycles. The lowest BCUT2D eigenvalue weighted by Gasteiger charge is -1.97. The fourth-order valence-electron chi connectivity index (χ4n) is 0.622. The highest BCUT2D eigenvalue weighted by atomic mass is 32.3. The molecule has 0 aliphatic heterocycles. The normalized spacial score (nSPS) is 10.8. The Morgan fingerprint density at radius 1 is 1.46 bits per heavy atom. The van der Waals surface area contributed by atoms with Crippen LogP contribution < -0.4 is 0 Å². The largest absolute Gasteiger partial charge is 0.449 e. The highest BCUT2D eigenvalue weighted by molar-refractivity contribution is 7.81. The molecule has 0 fully saturated rings. The van der Waals surface area contributed by atoms with Crippen LogP contribution in [-0.2, 0) is 14.6 Å². The molecule has 1 heterocycles. The van der Waals surface area contributed by atoms with Gasteiger partial charge in [-0.25, -0.2) is 9.78 Å². The molecule has 6 nitrogen and oxygen atoms in total. The molecule has 0 saturated heterocycles. The molecular weight excluding hydrogens is 198 g/mol. The second-order valence-electron chi connectivity index (χ2n) is 2.01. The summed E-state index contributed by atoms with van der Waals surface area (Å²) in [4.78, 5) is 14.3. The second-order valence-corrected chi connectivity index (χ2v) is 3.04. The van der Waals surface area contributed by atoms with Gasteiger partial charge in [-0.3, -0.25) is 4.55 Å². The van der Waals surface area contributed by atoms with Crippen LogP contribution >= 0.6 is 0 Å². The maximum atomic E-state index is 10.8. The molecule has 0 unspecified atom stereocenters. The Balaban J connectivity index is 2.82. The third-order valence-corrected chi connectivity index (χ3v) is 1.42. The highest BCUT2D eigenvalue weighted by Crippen LogP contribution is 1.99. The van der Waals surface area contributed by atoms with Crippen LogP contribution in [0.3, 0.4) is 0 Å². The van der Waals surface area contributed by atoms with Gasteiger partial charge in [0, 0.05) is 6.20 Å². The van der Waals surface area contributed by atoms with E-state index in [4.69, 9.17) is 4.55 Å². The van der Waals surface area contributed by atoms with E-state index in [-0.39, 0.29) is 5.69 Å². The molecule has 7 heteroatoms. The van der Waals surface area contributed by atoms with E-state index >= 15 is 0 Å². The van der Waals surface area contributed by atoms with Gasteiger partial charge in [-0.2, -0.15) is 8.42 Å². The van der Waals surface area contributed by atoms with Gasteiger partial charge in [0.05, 0.1) is 0 Å². The summed E-state index contributed by atoms with van der Waals surface area (Å²) < 4.78 is 32.0. The van der Waals surface area contributed by atoms with Crippen molar-refractivity contribution in [1.29, 1.82) is 0 Å². The summed E-state index contributed by atoms with van der Waals surface area (Å²) >= 11 is 0. The number of hydrogen-bond acceptors (Lipinski definition) is 5. The van der Waals surface area contributed by atoms with E-state index in [0.717, 1.165) is 0 Å². The maximum Gasteiger partial charge on any atom is 0.449 e. The number of pyridine rings is 1. The van der Waals surface area contributed by atoms with Crippen molar-refractivity contribution in [2.75, 3.05) is 0 Å². The van der Waals surface area contributed by atoms with Crippen molar-refractivity contribution >= 4 is 16.4 Å². The zero-order valence-corrected chi connectivity index (χ0v) is 7.06. The maximum absolute atomic E-state index is 10.8. The zero-order valence-electron chi connectivity index (χ0n) is 6.25. The van der Waals surface area contributed by atoms with Gasteiger partial charge in [-0.15, -0.1) is 0 Å². The predicted octanol–water partition coefficient (Wildman–Crippen LogP) is 0.0412. The number of hydrogen-bond donors (Lipinski definition) is 1. The highest BCUT2D eigenvalue weighted by Gasteiger charge is 2.15. The van der Waals surface area contributed by atoms with Crippen molar-refractivity contribution in [3.8, 4) is 0 Å². The Bertz CT molecular complexity index is 398. The average Bonchev–Trinajstić information content (AvgIpc) is 2.03. The molecule has 0 radical (unpaired) electrons. The first kappa shape index (κ1) is 9.62. The molecule has 0 atom stereocenters. The van der Waals surface area contributed by atoms with Gasteiger partial charge in [0.2, 0.25) is 0 Å². The molecule has 1 N–H and O–H groups in total. The van der Waals surface area contributed by atoms with Crippen molar-refractivity contribution in [1.82, 2.24) is 4.98 Å². The minimum absolute atomic E-state index is 0.194. The summed E-state index contributed by atoms with van der Waals surface area (Å²) in [6.07, 6.45) is 1.29. The van der Waals surface area contributed by atoms with Crippen LogP contribution in [0.15, 0.2) is 24.4 Å². The van der Waals surface area contributed by atoms with Crippen molar-refractivity contribution < 1.29 is 21.9 Å². The molecule has 1 aromatic heterocycles. The molecule has 0 spiro atoms. The van der Waals surface area contributed by atoms with Crippen molar-refractivity contribution in [3.05, 3.63) is 30.1 Å². The monoisotopic (exact) mass is 203 g/mol. The minimum Gasteiger partial charge on any atom is -0.319 e. The third-order valence-electron chi connectivity index (χ3n) is 1.06. The Hall–Kier alpha value is -1.47. The minimum atomic E-state index is -4.76. The number of rotatable bonds is 2. The van der Waals surface area contributed by atoms with E-state index in [1.165, 1.54) is 18.3 Å².